The van der Waals surface area contributed by atoms with Crippen LogP contribution in [0, 0.1) is 11.3 Å². The Bertz CT molecular complexity index is 448. The molecule has 3 atom stereocenters. The Morgan fingerprint density at radius 3 is 2.67 bits per heavy atom. The Morgan fingerprint density at radius 1 is 1.50 bits per heavy atom. The van der Waals surface area contributed by atoms with Crippen molar-refractivity contribution in [2.24, 2.45) is 11.3 Å². The minimum absolute atomic E-state index is 0.119. The summed E-state index contributed by atoms with van der Waals surface area (Å²) in [5, 5.41) is 2.94. The maximum absolute atomic E-state index is 12.2. The van der Waals surface area contributed by atoms with Crippen molar-refractivity contribution in [3.05, 3.63) is 34.3 Å². The third-order valence-electron chi connectivity index (χ3n) is 4.40. The van der Waals surface area contributed by atoms with Gasteiger partial charge in [0.25, 0.3) is 0 Å². The lowest BCUT2D eigenvalue weighted by molar-refractivity contribution is -0.128. The third-order valence-corrected chi connectivity index (χ3v) is 4.93. The van der Waals surface area contributed by atoms with Gasteiger partial charge in [-0.05, 0) is 36.5 Å². The van der Waals surface area contributed by atoms with Crippen LogP contribution in [0.4, 0.5) is 0 Å². The van der Waals surface area contributed by atoms with Crippen LogP contribution >= 0.6 is 15.9 Å². The van der Waals surface area contributed by atoms with Gasteiger partial charge in [0.05, 0.1) is 13.3 Å². The molecular weight excluding hydrogens is 289 g/mol. The Labute approximate surface area is 118 Å². The zero-order chi connectivity index (χ0) is 13.3. The summed E-state index contributed by atoms with van der Waals surface area (Å²) in [4.78, 5) is 12.2. The average Bonchev–Trinajstić information content (AvgIpc) is 2.67. The molecule has 1 aromatic carbocycles. The Hall–Kier alpha value is -0.765. The number of hydrogen-bond acceptors (Lipinski definition) is 1. The van der Waals surface area contributed by atoms with Gasteiger partial charge >= 0.3 is 0 Å². The molecule has 1 N–H and O–H groups in total. The van der Waals surface area contributed by atoms with E-state index >= 15 is 0 Å². The van der Waals surface area contributed by atoms with Crippen LogP contribution in [0.25, 0.3) is 0 Å². The molecule has 1 aromatic rings. The summed E-state index contributed by atoms with van der Waals surface area (Å²) >= 11 is 3.43. The van der Waals surface area contributed by atoms with E-state index in [1.807, 2.05) is 19.1 Å². The highest BCUT2D eigenvalue weighted by Gasteiger charge is 2.49. The first-order valence-electron chi connectivity index (χ1n) is 6.24. The van der Waals surface area contributed by atoms with Crippen molar-refractivity contribution in [1.29, 1.82) is 0 Å². The van der Waals surface area contributed by atoms with E-state index in [0.29, 0.717) is 12.9 Å². The predicted molar refractivity (Wildman–Crippen MR) is 77.7 cm³/mol. The van der Waals surface area contributed by atoms with E-state index < -0.39 is 5.41 Å². The summed E-state index contributed by atoms with van der Waals surface area (Å²) in [6.07, 6.45) is 0.538. The summed E-state index contributed by atoms with van der Waals surface area (Å²) in [6, 6.07) is 8.16. The van der Waals surface area contributed by atoms with Crippen LogP contribution in [0.2, 0.25) is 6.32 Å². The lowest BCUT2D eigenvalue weighted by atomic mass is 9.64. The molecule has 4 heteroatoms. The lowest BCUT2D eigenvalue weighted by Gasteiger charge is -2.34. The molecule has 0 spiro atoms. The summed E-state index contributed by atoms with van der Waals surface area (Å²) in [5.74, 6) is 0.471. The second-order valence-corrected chi connectivity index (χ2v) is 6.11. The average molecular weight is 306 g/mol. The second-order valence-electron chi connectivity index (χ2n) is 5.20. The molecule has 2 nitrogen and oxygen atoms in total. The van der Waals surface area contributed by atoms with Crippen molar-refractivity contribution >= 4 is 29.7 Å². The number of halogens is 1. The van der Waals surface area contributed by atoms with Gasteiger partial charge < -0.3 is 5.32 Å². The SMILES string of the molecule is [B]C[C@H]1CNC(=O)[C@]1(C)C(C)c1ccc(Br)cc1. The third kappa shape index (κ3) is 2.11. The summed E-state index contributed by atoms with van der Waals surface area (Å²) in [6.45, 7) is 4.82. The zero-order valence-corrected chi connectivity index (χ0v) is 12.3. The molecule has 1 aliphatic heterocycles. The van der Waals surface area contributed by atoms with Gasteiger partial charge in [0, 0.05) is 11.0 Å². The molecule has 0 bridgehead atoms. The number of carbonyl (C=O) groups is 1. The number of nitrogens with one attached hydrogen (secondary N) is 1. The maximum Gasteiger partial charge on any atom is 0.226 e. The number of amides is 1. The van der Waals surface area contributed by atoms with Crippen molar-refractivity contribution in [3.63, 3.8) is 0 Å². The minimum atomic E-state index is -0.414. The highest BCUT2D eigenvalue weighted by molar-refractivity contribution is 9.10. The number of carbonyl (C=O) groups excluding carboxylic acids is 1. The topological polar surface area (TPSA) is 29.1 Å². The van der Waals surface area contributed by atoms with Crippen LogP contribution < -0.4 is 5.32 Å². The highest BCUT2D eigenvalue weighted by Crippen LogP contribution is 2.46. The zero-order valence-electron chi connectivity index (χ0n) is 10.7. The number of hydrogen-bond donors (Lipinski definition) is 1. The fourth-order valence-electron chi connectivity index (χ4n) is 2.78. The van der Waals surface area contributed by atoms with Gasteiger partial charge in [-0.2, -0.15) is 0 Å². The first-order chi connectivity index (χ1) is 8.50. The number of benzene rings is 1. The fraction of sp³-hybridized carbons (Fsp3) is 0.500. The van der Waals surface area contributed by atoms with E-state index in [-0.39, 0.29) is 17.7 Å². The van der Waals surface area contributed by atoms with Gasteiger partial charge in [0.15, 0.2) is 0 Å². The molecule has 2 radical (unpaired) electrons. The van der Waals surface area contributed by atoms with E-state index in [0.717, 1.165) is 4.47 Å². The van der Waals surface area contributed by atoms with Crippen LogP contribution in [0.15, 0.2) is 28.7 Å². The van der Waals surface area contributed by atoms with Crippen LogP contribution in [0.5, 0.6) is 0 Å². The van der Waals surface area contributed by atoms with Gasteiger partial charge in [-0.1, -0.05) is 41.3 Å². The van der Waals surface area contributed by atoms with Crippen molar-refractivity contribution in [3.8, 4) is 0 Å². The van der Waals surface area contributed by atoms with Crippen molar-refractivity contribution in [1.82, 2.24) is 5.32 Å². The first-order valence-corrected chi connectivity index (χ1v) is 7.03. The number of rotatable bonds is 3. The fourth-order valence-corrected chi connectivity index (χ4v) is 3.04. The van der Waals surface area contributed by atoms with Gasteiger partial charge in [0.1, 0.15) is 0 Å². The van der Waals surface area contributed by atoms with E-state index in [2.05, 4.69) is 40.3 Å². The molecule has 0 aromatic heterocycles. The molecular formula is C14H17BBrNO. The molecule has 1 heterocycles. The Balaban J connectivity index is 2.33. The smallest absolute Gasteiger partial charge is 0.226 e. The van der Waals surface area contributed by atoms with Crippen LogP contribution in [-0.4, -0.2) is 20.3 Å². The first kappa shape index (κ1) is 13.7. The molecule has 0 aliphatic carbocycles. The summed E-state index contributed by atoms with van der Waals surface area (Å²) in [5.41, 5.74) is 0.763. The van der Waals surface area contributed by atoms with E-state index in [9.17, 15) is 4.79 Å². The molecule has 1 aliphatic rings. The Morgan fingerprint density at radius 2 is 2.11 bits per heavy atom. The van der Waals surface area contributed by atoms with Crippen LogP contribution in [0.3, 0.4) is 0 Å². The van der Waals surface area contributed by atoms with Crippen molar-refractivity contribution in [2.75, 3.05) is 6.54 Å². The van der Waals surface area contributed by atoms with Crippen molar-refractivity contribution < 1.29 is 4.79 Å². The van der Waals surface area contributed by atoms with Crippen molar-refractivity contribution in [2.45, 2.75) is 26.1 Å². The molecule has 18 heavy (non-hydrogen) atoms. The Kier molecular flexibility index (Phi) is 3.86. The lowest BCUT2D eigenvalue weighted by Crippen LogP contribution is -2.37. The van der Waals surface area contributed by atoms with Gasteiger partial charge in [-0.15, -0.1) is 0 Å². The minimum Gasteiger partial charge on any atom is -0.355 e. The van der Waals surface area contributed by atoms with Gasteiger partial charge in [-0.25, -0.2) is 0 Å². The van der Waals surface area contributed by atoms with Gasteiger partial charge in [0.2, 0.25) is 5.91 Å². The molecule has 1 unspecified atom stereocenters. The quantitative estimate of drug-likeness (QED) is 0.855. The molecule has 1 amide bonds. The van der Waals surface area contributed by atoms with Gasteiger partial charge in [-0.3, -0.25) is 4.79 Å². The summed E-state index contributed by atoms with van der Waals surface area (Å²) in [7, 11) is 5.81. The van der Waals surface area contributed by atoms with Crippen LogP contribution in [-0.2, 0) is 4.79 Å². The molecule has 0 saturated carbocycles. The monoisotopic (exact) mass is 305 g/mol. The highest BCUT2D eigenvalue weighted by atomic mass is 79.9. The van der Waals surface area contributed by atoms with Crippen LogP contribution in [0.1, 0.15) is 25.3 Å². The standard InChI is InChI=1S/C14H17BBrNO/c1-9(10-3-5-12(16)6-4-10)14(2)11(7-15)8-17-13(14)18/h3-6,9,11H,7-8H2,1-2H3,(H,17,18)/t9?,11-,14+/m0/s1. The molecule has 1 saturated heterocycles. The van der Waals surface area contributed by atoms with E-state index in [1.54, 1.807) is 0 Å². The summed E-state index contributed by atoms with van der Waals surface area (Å²) < 4.78 is 1.05. The molecule has 94 valence electrons. The second kappa shape index (κ2) is 5.08. The largest absolute Gasteiger partial charge is 0.355 e. The maximum atomic E-state index is 12.2. The predicted octanol–water partition coefficient (Wildman–Crippen LogP) is 2.89. The molecule has 1 fully saturated rings. The van der Waals surface area contributed by atoms with E-state index in [1.165, 1.54) is 5.56 Å². The molecule has 2 rings (SSSR count). The van der Waals surface area contributed by atoms with E-state index in [4.69, 9.17) is 7.85 Å². The normalized spacial score (nSPS) is 29.1.